The minimum absolute atomic E-state index is 0.0365. The molecule has 4 atom stereocenters. The zero-order chi connectivity index (χ0) is 66.2. The van der Waals surface area contributed by atoms with Crippen LogP contribution in [-0.4, -0.2) is 258 Å². The lowest BCUT2D eigenvalue weighted by atomic mass is 10.0. The number of hydrogen-bond acceptors (Lipinski definition) is 22. The molecule has 6 amide bonds. The van der Waals surface area contributed by atoms with Crippen molar-refractivity contribution >= 4 is 53.7 Å². The fourth-order valence-corrected chi connectivity index (χ4v) is 9.13. The van der Waals surface area contributed by atoms with Gasteiger partial charge in [-0.25, -0.2) is 0 Å². The van der Waals surface area contributed by atoms with E-state index in [1.165, 1.54) is 0 Å². The second-order valence-corrected chi connectivity index (χ2v) is 25.6. The molecule has 0 bridgehead atoms. The van der Waals surface area contributed by atoms with Crippen LogP contribution in [0.2, 0.25) is 0 Å². The van der Waals surface area contributed by atoms with Crippen molar-refractivity contribution < 1.29 is 100 Å². The Bertz CT molecular complexity index is 1790. The van der Waals surface area contributed by atoms with E-state index in [0.717, 1.165) is 70.6 Å². The average molecular weight is 1330 g/mol. The van der Waals surface area contributed by atoms with Gasteiger partial charge in [-0.3, -0.25) is 28.8 Å². The molecular weight excluding hydrogens is 1220 g/mol. The first kappa shape index (κ1) is 86.9. The van der Waals surface area contributed by atoms with Crippen LogP contribution in [0.15, 0.2) is 0 Å². The quantitative estimate of drug-likeness (QED) is 0.0340. The van der Waals surface area contributed by atoms with Crippen molar-refractivity contribution in [3.63, 3.8) is 0 Å². The lowest BCUT2D eigenvalue weighted by Gasteiger charge is -2.33. The molecule has 0 aliphatic rings. The first-order valence-corrected chi connectivity index (χ1v) is 35.3. The number of methoxy groups -OCH3 is 3. The highest BCUT2D eigenvalue weighted by atomic mass is 32.5. The zero-order valence-corrected chi connectivity index (χ0v) is 57.0. The number of nitrogens with one attached hydrogen (secondary N) is 6. The van der Waals surface area contributed by atoms with Gasteiger partial charge in [0.05, 0.1) is 126 Å². The van der Waals surface area contributed by atoms with Crippen LogP contribution in [0.3, 0.4) is 0 Å². The molecule has 0 aliphatic heterocycles. The van der Waals surface area contributed by atoms with Gasteiger partial charge in [0.2, 0.25) is 35.4 Å². The molecule has 0 rings (SSSR count). The Balaban J connectivity index is 5.27. The van der Waals surface area contributed by atoms with Crippen LogP contribution < -0.4 is 36.8 Å². The summed E-state index contributed by atoms with van der Waals surface area (Å²) in [5.41, 5.74) is -0.247. The number of rotatable bonds is 69. The van der Waals surface area contributed by atoms with Gasteiger partial charge in [-0.05, 0) is 76.4 Å². The van der Waals surface area contributed by atoms with Gasteiger partial charge < -0.3 is 103 Å². The molecule has 0 saturated carbocycles. The molecule has 0 saturated heterocycles. The highest BCUT2D eigenvalue weighted by Gasteiger charge is 2.27. The van der Waals surface area contributed by atoms with E-state index in [-0.39, 0.29) is 108 Å². The average Bonchev–Trinajstić information content (AvgIpc) is 2.56. The molecular formula is C61H118N6O21PS-. The topological polar surface area (TPSA) is 338 Å². The Morgan fingerprint density at radius 1 is 0.400 bits per heavy atom. The predicted octanol–water partition coefficient (Wildman–Crippen LogP) is 2.62. The molecule has 0 heterocycles. The number of ether oxygens (including phenoxy) is 12. The summed E-state index contributed by atoms with van der Waals surface area (Å²) < 4.78 is 69.1. The minimum atomic E-state index is -3.10. The van der Waals surface area contributed by atoms with Crippen molar-refractivity contribution in [2.45, 2.75) is 154 Å². The molecule has 7 N–H and O–H groups in total. The number of aliphatic hydroxyl groups excluding tert-OH is 1. The summed E-state index contributed by atoms with van der Waals surface area (Å²) in [5.74, 6) is -2.15. The number of unbranched alkanes of at least 4 members (excludes halogenated alkanes) is 11. The molecule has 27 nitrogen and oxygen atoms in total. The fourth-order valence-electron chi connectivity index (χ4n) is 8.23. The van der Waals surface area contributed by atoms with Gasteiger partial charge in [-0.15, -0.1) is 0 Å². The first-order valence-electron chi connectivity index (χ1n) is 32.6. The molecule has 0 aromatic carbocycles. The summed E-state index contributed by atoms with van der Waals surface area (Å²) in [6, 6.07) is -1.97. The van der Waals surface area contributed by atoms with E-state index >= 15 is 0 Å². The van der Waals surface area contributed by atoms with Gasteiger partial charge in [-0.2, -0.15) is 0 Å². The second-order valence-electron chi connectivity index (χ2n) is 21.7. The molecule has 0 spiro atoms. The van der Waals surface area contributed by atoms with E-state index in [4.69, 9.17) is 73.2 Å². The highest BCUT2D eigenvalue weighted by Crippen LogP contribution is 2.43. The third-order valence-corrected chi connectivity index (χ3v) is 17.0. The zero-order valence-electron chi connectivity index (χ0n) is 55.3. The van der Waals surface area contributed by atoms with Crippen LogP contribution in [0.4, 0.5) is 0 Å². The van der Waals surface area contributed by atoms with Crippen LogP contribution in [0.1, 0.15) is 136 Å². The van der Waals surface area contributed by atoms with Crippen LogP contribution in [0.25, 0.3) is 0 Å². The van der Waals surface area contributed by atoms with Crippen molar-refractivity contribution in [3.05, 3.63) is 0 Å². The van der Waals surface area contributed by atoms with Gasteiger partial charge >= 0.3 is 0 Å². The van der Waals surface area contributed by atoms with Crippen molar-refractivity contribution in [2.24, 2.45) is 5.92 Å². The third kappa shape index (κ3) is 57.5. The van der Waals surface area contributed by atoms with E-state index in [1.54, 1.807) is 35.2 Å². The van der Waals surface area contributed by atoms with Crippen LogP contribution >= 0.6 is 6.49 Å². The fraction of sp³-hybridized carbons (Fsp3) is 0.902. The van der Waals surface area contributed by atoms with Crippen molar-refractivity contribution in [1.29, 1.82) is 0 Å². The third-order valence-electron chi connectivity index (χ3n) is 13.6. The van der Waals surface area contributed by atoms with Gasteiger partial charge in [0.1, 0.15) is 31.9 Å². The number of hydrogen-bond donors (Lipinski definition) is 7. The maximum absolute atomic E-state index is 14.1. The van der Waals surface area contributed by atoms with Crippen LogP contribution in [-0.2, 0) is 102 Å². The Morgan fingerprint density at radius 3 is 1.14 bits per heavy atom. The number of aliphatic hydroxyl groups is 1. The lowest BCUT2D eigenvalue weighted by Crippen LogP contribution is -2.54. The Morgan fingerprint density at radius 2 is 0.733 bits per heavy atom. The molecule has 0 aliphatic carbocycles. The number of carbonyl (C=O) groups excluding carboxylic acids is 6. The Labute approximate surface area is 542 Å². The second kappa shape index (κ2) is 64.6. The molecule has 0 aromatic rings. The van der Waals surface area contributed by atoms with Crippen molar-refractivity contribution in [2.75, 3.05) is 199 Å². The Hall–Kier alpha value is -3.13. The normalized spacial score (nSPS) is 13.2. The van der Waals surface area contributed by atoms with E-state index < -0.39 is 30.4 Å². The molecule has 4 unspecified atom stereocenters. The summed E-state index contributed by atoms with van der Waals surface area (Å²) >= 11 is 5.07. The number of amides is 6. The molecule has 0 radical (unpaired) electrons. The van der Waals surface area contributed by atoms with E-state index in [1.807, 2.05) is 0 Å². The first-order chi connectivity index (χ1) is 43.7. The SMILES string of the molecule is COCCOCCOCCOCC(=O)NCCCCC(NC(=O)COCCOCCOCCOC)C(=O)NC(CCCCNC(=O)COCCOCCOCCOC)C(=O)NCCCCCCCCCCCC(=O)NCCCCC(CO)COP([O-])(=S)C(C)C. The monoisotopic (exact) mass is 1330 g/mol. The number of carbonyl (C=O) groups is 6. The van der Waals surface area contributed by atoms with Crippen LogP contribution in [0, 0.1) is 5.92 Å². The van der Waals surface area contributed by atoms with Crippen LogP contribution in [0.5, 0.6) is 0 Å². The largest absolute Gasteiger partial charge is 0.801 e. The standard InChI is InChI=1S/C61H119N6O21PS/c1-52(2)89(75,90)88-48-53(47-68)21-14-18-25-62-56(69)24-13-11-9-7-6-8-10-12-17-28-65-60(73)54(22-15-19-26-63-57(70)49-85-44-41-82-38-35-79-32-29-76-3)67-61(74)55(66-59(72)51-87-46-43-84-40-37-81-34-31-78-5)23-16-20-27-64-58(71)50-86-45-42-83-39-36-80-33-30-77-4/h52-55,68H,6-51H2,1-5H3,(H,62,69)(H,63,70)(H,64,71)(H,65,73)(H,66,72)(H,67,74)(H,75,90)/p-1. The van der Waals surface area contributed by atoms with Gasteiger partial charge in [0.25, 0.3) is 0 Å². The maximum atomic E-state index is 14.1. The maximum Gasteiger partial charge on any atom is 0.246 e. The summed E-state index contributed by atoms with van der Waals surface area (Å²) in [6.07, 6.45) is 13.8. The van der Waals surface area contributed by atoms with Gasteiger partial charge in [0.15, 0.2) is 0 Å². The van der Waals surface area contributed by atoms with Gasteiger partial charge in [-0.1, -0.05) is 77.0 Å². The molecule has 0 fully saturated rings. The van der Waals surface area contributed by atoms with E-state index in [9.17, 15) is 38.8 Å². The molecule has 90 heavy (non-hydrogen) atoms. The summed E-state index contributed by atoms with van der Waals surface area (Å²) in [7, 11) is 4.79. The summed E-state index contributed by atoms with van der Waals surface area (Å²) in [6.45, 7) is 8.17. The van der Waals surface area contributed by atoms with Crippen molar-refractivity contribution in [1.82, 2.24) is 31.9 Å². The summed E-state index contributed by atoms with van der Waals surface area (Å²) in [4.78, 5) is 90.7. The van der Waals surface area contributed by atoms with Crippen molar-refractivity contribution in [3.8, 4) is 0 Å². The summed E-state index contributed by atoms with van der Waals surface area (Å²) in [5, 5.41) is 27.0. The Kier molecular flexibility index (Phi) is 62.3. The molecule has 0 aromatic heterocycles. The highest BCUT2D eigenvalue weighted by molar-refractivity contribution is 8.09. The van der Waals surface area contributed by atoms with E-state index in [0.29, 0.717) is 157 Å². The smallest absolute Gasteiger partial charge is 0.246 e. The predicted molar refractivity (Wildman–Crippen MR) is 343 cm³/mol. The molecule has 29 heteroatoms. The minimum Gasteiger partial charge on any atom is -0.801 e. The lowest BCUT2D eigenvalue weighted by molar-refractivity contribution is -0.185. The van der Waals surface area contributed by atoms with Gasteiger partial charge in [0, 0.05) is 66.5 Å². The van der Waals surface area contributed by atoms with E-state index in [2.05, 4.69) is 31.9 Å². The molecule has 530 valence electrons.